The van der Waals surface area contributed by atoms with Crippen LogP contribution in [0.2, 0.25) is 0 Å². The Morgan fingerprint density at radius 2 is 2.07 bits per heavy atom. The molecule has 1 aliphatic rings. The van der Waals surface area contributed by atoms with Crippen molar-refractivity contribution in [3.8, 4) is 0 Å². The smallest absolute Gasteiger partial charge is 0.225 e. The Balaban J connectivity index is 2.46. The predicted octanol–water partition coefficient (Wildman–Crippen LogP) is 1.56. The summed E-state index contributed by atoms with van der Waals surface area (Å²) >= 11 is 4.85. The number of nitrogens with zero attached hydrogens (tertiary/aromatic N) is 1. The van der Waals surface area contributed by atoms with Crippen molar-refractivity contribution >= 4 is 23.1 Å². The van der Waals surface area contributed by atoms with E-state index in [-0.39, 0.29) is 17.9 Å². The van der Waals surface area contributed by atoms with Crippen molar-refractivity contribution in [2.45, 2.75) is 39.2 Å². The van der Waals surface area contributed by atoms with Gasteiger partial charge in [-0.1, -0.05) is 19.1 Å². The van der Waals surface area contributed by atoms with Crippen LogP contribution < -0.4 is 5.73 Å². The lowest BCUT2D eigenvalue weighted by Crippen LogP contribution is -2.40. The lowest BCUT2D eigenvalue weighted by Gasteiger charge is -2.27. The predicted molar refractivity (Wildman–Crippen MR) is 65.5 cm³/mol. The van der Waals surface area contributed by atoms with Crippen LogP contribution in [0.4, 0.5) is 0 Å². The van der Waals surface area contributed by atoms with E-state index in [4.69, 9.17) is 18.0 Å². The number of nitrogens with two attached hydrogens (primary N) is 1. The molecule has 4 heteroatoms. The molecule has 1 saturated carbocycles. The molecule has 1 amide bonds. The maximum absolute atomic E-state index is 12.0. The highest BCUT2D eigenvalue weighted by atomic mass is 32.1. The first kappa shape index (κ1) is 12.4. The molecule has 0 radical (unpaired) electrons. The molecular weight excluding hydrogens is 208 g/mol. The highest BCUT2D eigenvalue weighted by Crippen LogP contribution is 2.37. The zero-order chi connectivity index (χ0) is 11.6. The molecule has 0 saturated heterocycles. The van der Waals surface area contributed by atoms with Gasteiger partial charge >= 0.3 is 0 Å². The molecule has 2 atom stereocenters. The van der Waals surface area contributed by atoms with Gasteiger partial charge in [0.05, 0.1) is 4.99 Å². The minimum atomic E-state index is 0.108. The van der Waals surface area contributed by atoms with Crippen molar-refractivity contribution < 1.29 is 4.79 Å². The third kappa shape index (κ3) is 3.45. The lowest BCUT2D eigenvalue weighted by atomic mass is 10.0. The Morgan fingerprint density at radius 1 is 1.53 bits per heavy atom. The van der Waals surface area contributed by atoms with E-state index in [1.165, 1.54) is 12.8 Å². The molecule has 0 aromatic carbocycles. The molecule has 0 bridgehead atoms. The standard InChI is InChI=1S/C11H20N2OS/c1-7(6-10(12)15)13(3)11(14)8(2)9-4-5-9/h7-9H,4-6H2,1-3H3,(H2,12,15). The second-order valence-corrected chi connectivity index (χ2v) is 5.12. The van der Waals surface area contributed by atoms with Gasteiger partial charge in [0.1, 0.15) is 0 Å². The van der Waals surface area contributed by atoms with Crippen molar-refractivity contribution in [2.24, 2.45) is 17.6 Å². The Kier molecular flexibility index (Phi) is 4.08. The van der Waals surface area contributed by atoms with Gasteiger partial charge in [-0.15, -0.1) is 0 Å². The third-order valence-corrected chi connectivity index (χ3v) is 3.39. The molecule has 0 aliphatic heterocycles. The molecule has 0 heterocycles. The third-order valence-electron chi connectivity index (χ3n) is 3.22. The van der Waals surface area contributed by atoms with Crippen LogP contribution in [0.1, 0.15) is 33.1 Å². The number of thiocarbonyl (C=S) groups is 1. The molecule has 1 rings (SSSR count). The molecule has 0 aromatic rings. The number of amides is 1. The molecule has 2 unspecified atom stereocenters. The van der Waals surface area contributed by atoms with Crippen LogP contribution in [0.5, 0.6) is 0 Å². The number of carbonyl (C=O) groups is 1. The van der Waals surface area contributed by atoms with Gasteiger partial charge in [0.25, 0.3) is 0 Å². The Morgan fingerprint density at radius 3 is 2.47 bits per heavy atom. The number of hydrogen-bond donors (Lipinski definition) is 1. The lowest BCUT2D eigenvalue weighted by molar-refractivity contribution is -0.136. The van der Waals surface area contributed by atoms with Gasteiger partial charge in [0.2, 0.25) is 5.91 Å². The minimum absolute atomic E-state index is 0.108. The average molecular weight is 228 g/mol. The van der Waals surface area contributed by atoms with Crippen LogP contribution in [0, 0.1) is 11.8 Å². The largest absolute Gasteiger partial charge is 0.393 e. The van der Waals surface area contributed by atoms with E-state index in [0.29, 0.717) is 17.3 Å². The van der Waals surface area contributed by atoms with Gasteiger partial charge in [-0.05, 0) is 25.7 Å². The Hall–Kier alpha value is -0.640. The molecule has 0 spiro atoms. The van der Waals surface area contributed by atoms with E-state index >= 15 is 0 Å². The topological polar surface area (TPSA) is 46.3 Å². The normalized spacial score (nSPS) is 19.4. The molecular formula is C11H20N2OS. The summed E-state index contributed by atoms with van der Waals surface area (Å²) in [5.41, 5.74) is 5.47. The Bertz CT molecular complexity index is 263. The fraction of sp³-hybridized carbons (Fsp3) is 0.818. The summed E-state index contributed by atoms with van der Waals surface area (Å²) in [6.07, 6.45) is 3.00. The van der Waals surface area contributed by atoms with Gasteiger partial charge in [0.15, 0.2) is 0 Å². The van der Waals surface area contributed by atoms with Crippen LogP contribution in [0.25, 0.3) is 0 Å². The zero-order valence-electron chi connectivity index (χ0n) is 9.69. The van der Waals surface area contributed by atoms with Gasteiger partial charge in [-0.3, -0.25) is 4.79 Å². The highest BCUT2D eigenvalue weighted by Gasteiger charge is 2.34. The number of hydrogen-bond acceptors (Lipinski definition) is 2. The van der Waals surface area contributed by atoms with Crippen molar-refractivity contribution in [3.05, 3.63) is 0 Å². The van der Waals surface area contributed by atoms with Crippen LogP contribution in [-0.4, -0.2) is 28.9 Å². The average Bonchev–Trinajstić information content (AvgIpc) is 2.96. The SMILES string of the molecule is CC(C(=O)N(C)C(C)CC(N)=S)C1CC1. The van der Waals surface area contributed by atoms with Crippen molar-refractivity contribution in [3.63, 3.8) is 0 Å². The molecule has 2 N–H and O–H groups in total. The Labute approximate surface area is 97.0 Å². The fourth-order valence-corrected chi connectivity index (χ4v) is 2.01. The summed E-state index contributed by atoms with van der Waals surface area (Å²) in [6.45, 7) is 4.00. The van der Waals surface area contributed by atoms with Gasteiger partial charge in [-0.25, -0.2) is 0 Å². The molecule has 15 heavy (non-hydrogen) atoms. The van der Waals surface area contributed by atoms with E-state index in [2.05, 4.69) is 0 Å². The first-order chi connectivity index (χ1) is 6.93. The number of carbonyl (C=O) groups excluding carboxylic acids is 1. The van der Waals surface area contributed by atoms with E-state index in [1.807, 2.05) is 20.9 Å². The van der Waals surface area contributed by atoms with Crippen LogP contribution >= 0.6 is 12.2 Å². The summed E-state index contributed by atoms with van der Waals surface area (Å²) in [4.78, 5) is 14.2. The first-order valence-electron chi connectivity index (χ1n) is 5.48. The van der Waals surface area contributed by atoms with E-state index < -0.39 is 0 Å². The second-order valence-electron chi connectivity index (χ2n) is 4.59. The minimum Gasteiger partial charge on any atom is -0.393 e. The summed E-state index contributed by atoms with van der Waals surface area (Å²) in [7, 11) is 1.84. The second kappa shape index (κ2) is 4.92. The quantitative estimate of drug-likeness (QED) is 0.726. The van der Waals surface area contributed by atoms with Crippen LogP contribution in [0.3, 0.4) is 0 Å². The summed E-state index contributed by atoms with van der Waals surface area (Å²) in [5.74, 6) is 0.988. The summed E-state index contributed by atoms with van der Waals surface area (Å²) in [6, 6.07) is 0.108. The van der Waals surface area contributed by atoms with E-state index in [0.717, 1.165) is 0 Å². The molecule has 1 fully saturated rings. The molecule has 1 aliphatic carbocycles. The monoisotopic (exact) mass is 228 g/mol. The molecule has 0 aromatic heterocycles. The first-order valence-corrected chi connectivity index (χ1v) is 5.89. The summed E-state index contributed by atoms with van der Waals surface area (Å²) in [5, 5.41) is 0. The molecule has 3 nitrogen and oxygen atoms in total. The van der Waals surface area contributed by atoms with Crippen molar-refractivity contribution in [2.75, 3.05) is 7.05 Å². The molecule has 86 valence electrons. The van der Waals surface area contributed by atoms with E-state index in [1.54, 1.807) is 4.90 Å². The van der Waals surface area contributed by atoms with E-state index in [9.17, 15) is 4.79 Å². The van der Waals surface area contributed by atoms with Crippen molar-refractivity contribution in [1.82, 2.24) is 4.90 Å². The van der Waals surface area contributed by atoms with Crippen LogP contribution in [-0.2, 0) is 4.79 Å². The van der Waals surface area contributed by atoms with Crippen LogP contribution in [0.15, 0.2) is 0 Å². The van der Waals surface area contributed by atoms with Gasteiger partial charge < -0.3 is 10.6 Å². The number of rotatable bonds is 5. The van der Waals surface area contributed by atoms with Gasteiger partial charge in [0, 0.05) is 25.4 Å². The van der Waals surface area contributed by atoms with Crippen molar-refractivity contribution in [1.29, 1.82) is 0 Å². The maximum Gasteiger partial charge on any atom is 0.225 e. The highest BCUT2D eigenvalue weighted by molar-refractivity contribution is 7.80. The summed E-state index contributed by atoms with van der Waals surface area (Å²) < 4.78 is 0. The zero-order valence-corrected chi connectivity index (χ0v) is 10.5. The fourth-order valence-electron chi connectivity index (χ4n) is 1.76. The van der Waals surface area contributed by atoms with Gasteiger partial charge in [-0.2, -0.15) is 0 Å². The maximum atomic E-state index is 12.0.